The molecule has 1 aliphatic rings. The predicted octanol–water partition coefficient (Wildman–Crippen LogP) is 3.74. The standard InChI is InChI=1S/C16H26N2O.ClH/c1-18(2)12-13-7-5-4-6-8-16(13)14-9-15(19-3)11-17-10-14;/h9-11,13,16H,4-8,12H2,1-3H3;1H. The van der Waals surface area contributed by atoms with Crippen molar-refractivity contribution in [3.8, 4) is 5.75 Å². The van der Waals surface area contributed by atoms with E-state index in [9.17, 15) is 0 Å². The number of hydrogen-bond donors (Lipinski definition) is 0. The molecule has 4 heteroatoms. The molecule has 2 unspecified atom stereocenters. The molecule has 114 valence electrons. The van der Waals surface area contributed by atoms with E-state index in [2.05, 4.69) is 30.0 Å². The van der Waals surface area contributed by atoms with Gasteiger partial charge in [-0.15, -0.1) is 12.4 Å². The van der Waals surface area contributed by atoms with Gasteiger partial charge in [0.2, 0.25) is 0 Å². The van der Waals surface area contributed by atoms with Gasteiger partial charge < -0.3 is 9.64 Å². The number of hydrogen-bond acceptors (Lipinski definition) is 3. The number of methoxy groups -OCH3 is 1. The first kappa shape index (κ1) is 17.3. The largest absolute Gasteiger partial charge is 0.495 e. The second kappa shape index (κ2) is 8.48. The quantitative estimate of drug-likeness (QED) is 0.792. The summed E-state index contributed by atoms with van der Waals surface area (Å²) in [6, 6.07) is 2.17. The van der Waals surface area contributed by atoms with Crippen molar-refractivity contribution in [2.24, 2.45) is 5.92 Å². The smallest absolute Gasteiger partial charge is 0.137 e. The van der Waals surface area contributed by atoms with Crippen LogP contribution in [0.25, 0.3) is 0 Å². The molecule has 1 aromatic rings. The molecule has 0 bridgehead atoms. The van der Waals surface area contributed by atoms with E-state index >= 15 is 0 Å². The predicted molar refractivity (Wildman–Crippen MR) is 85.9 cm³/mol. The third kappa shape index (κ3) is 4.64. The zero-order chi connectivity index (χ0) is 13.7. The van der Waals surface area contributed by atoms with Crippen molar-refractivity contribution >= 4 is 12.4 Å². The molecular formula is C16H27ClN2O. The van der Waals surface area contributed by atoms with Crippen molar-refractivity contribution in [2.75, 3.05) is 27.7 Å². The number of rotatable bonds is 4. The Hall–Kier alpha value is -0.800. The lowest BCUT2D eigenvalue weighted by Gasteiger charge is -2.28. The minimum atomic E-state index is 0. The molecule has 1 heterocycles. The highest BCUT2D eigenvalue weighted by Gasteiger charge is 2.26. The molecule has 0 aliphatic heterocycles. The summed E-state index contributed by atoms with van der Waals surface area (Å²) in [5, 5.41) is 0. The summed E-state index contributed by atoms with van der Waals surface area (Å²) in [6.07, 6.45) is 10.5. The van der Waals surface area contributed by atoms with E-state index in [4.69, 9.17) is 4.74 Å². The summed E-state index contributed by atoms with van der Waals surface area (Å²) >= 11 is 0. The Morgan fingerprint density at radius 1 is 1.20 bits per heavy atom. The lowest BCUT2D eigenvalue weighted by atomic mass is 9.83. The van der Waals surface area contributed by atoms with Gasteiger partial charge in [-0.1, -0.05) is 19.3 Å². The van der Waals surface area contributed by atoms with Crippen LogP contribution in [0.15, 0.2) is 18.5 Å². The van der Waals surface area contributed by atoms with Gasteiger partial charge in [0.1, 0.15) is 5.75 Å². The van der Waals surface area contributed by atoms with Crippen LogP contribution in [0.5, 0.6) is 5.75 Å². The highest BCUT2D eigenvalue weighted by Crippen LogP contribution is 2.37. The molecule has 0 aromatic carbocycles. The highest BCUT2D eigenvalue weighted by atomic mass is 35.5. The van der Waals surface area contributed by atoms with E-state index in [1.165, 1.54) is 44.2 Å². The van der Waals surface area contributed by atoms with E-state index in [-0.39, 0.29) is 12.4 Å². The second-order valence-electron chi connectivity index (χ2n) is 5.92. The molecule has 1 aliphatic carbocycles. The van der Waals surface area contributed by atoms with E-state index in [1.54, 1.807) is 13.3 Å². The monoisotopic (exact) mass is 298 g/mol. The number of halogens is 1. The summed E-state index contributed by atoms with van der Waals surface area (Å²) in [4.78, 5) is 6.65. The third-order valence-electron chi connectivity index (χ3n) is 4.16. The van der Waals surface area contributed by atoms with Crippen LogP contribution >= 0.6 is 12.4 Å². The van der Waals surface area contributed by atoms with E-state index in [0.29, 0.717) is 5.92 Å². The Labute approximate surface area is 129 Å². The van der Waals surface area contributed by atoms with Crippen molar-refractivity contribution in [1.29, 1.82) is 0 Å². The number of pyridine rings is 1. The zero-order valence-electron chi connectivity index (χ0n) is 12.8. The molecule has 0 saturated heterocycles. The first-order chi connectivity index (χ1) is 9.20. The normalized spacial score (nSPS) is 23.0. The Balaban J connectivity index is 0.00000200. The maximum atomic E-state index is 5.32. The number of nitrogens with zero attached hydrogens (tertiary/aromatic N) is 2. The number of aromatic nitrogens is 1. The lowest BCUT2D eigenvalue weighted by molar-refractivity contribution is 0.276. The molecular weight excluding hydrogens is 272 g/mol. The van der Waals surface area contributed by atoms with Crippen molar-refractivity contribution in [3.05, 3.63) is 24.0 Å². The van der Waals surface area contributed by atoms with Gasteiger partial charge in [-0.05, 0) is 50.4 Å². The molecule has 1 saturated carbocycles. The van der Waals surface area contributed by atoms with Gasteiger partial charge in [0.05, 0.1) is 13.3 Å². The minimum absolute atomic E-state index is 0. The molecule has 2 rings (SSSR count). The number of ether oxygens (including phenoxy) is 1. The zero-order valence-corrected chi connectivity index (χ0v) is 13.7. The Morgan fingerprint density at radius 2 is 1.95 bits per heavy atom. The lowest BCUT2D eigenvalue weighted by Crippen LogP contribution is -2.26. The topological polar surface area (TPSA) is 25.4 Å². The van der Waals surface area contributed by atoms with Crippen LogP contribution in [-0.4, -0.2) is 37.6 Å². The summed E-state index contributed by atoms with van der Waals surface area (Å²) in [7, 11) is 6.06. The van der Waals surface area contributed by atoms with Gasteiger partial charge >= 0.3 is 0 Å². The molecule has 0 N–H and O–H groups in total. The maximum absolute atomic E-state index is 5.32. The first-order valence-electron chi connectivity index (χ1n) is 7.34. The molecule has 3 nitrogen and oxygen atoms in total. The fourth-order valence-electron chi connectivity index (χ4n) is 3.26. The fourth-order valence-corrected chi connectivity index (χ4v) is 3.26. The van der Waals surface area contributed by atoms with Crippen molar-refractivity contribution in [2.45, 2.75) is 38.0 Å². The molecule has 2 atom stereocenters. The average Bonchev–Trinajstić information content (AvgIpc) is 2.63. The average molecular weight is 299 g/mol. The van der Waals surface area contributed by atoms with Crippen LogP contribution in [0.2, 0.25) is 0 Å². The molecule has 20 heavy (non-hydrogen) atoms. The Morgan fingerprint density at radius 3 is 2.65 bits per heavy atom. The Bertz CT molecular complexity index is 398. The molecule has 0 amide bonds. The summed E-state index contributed by atoms with van der Waals surface area (Å²) in [5.41, 5.74) is 1.35. The van der Waals surface area contributed by atoms with E-state index in [0.717, 1.165) is 11.7 Å². The van der Waals surface area contributed by atoms with E-state index in [1.807, 2.05) is 6.20 Å². The van der Waals surface area contributed by atoms with Crippen molar-refractivity contribution in [3.63, 3.8) is 0 Å². The van der Waals surface area contributed by atoms with Crippen molar-refractivity contribution in [1.82, 2.24) is 9.88 Å². The summed E-state index contributed by atoms with van der Waals surface area (Å²) in [5.74, 6) is 2.25. The van der Waals surface area contributed by atoms with Crippen LogP contribution < -0.4 is 4.74 Å². The van der Waals surface area contributed by atoms with Crippen LogP contribution in [0.1, 0.15) is 43.6 Å². The van der Waals surface area contributed by atoms with Crippen LogP contribution in [0.4, 0.5) is 0 Å². The Kier molecular flexibility index (Phi) is 7.31. The SMILES string of the molecule is COc1cncc(C2CCCCCC2CN(C)C)c1.Cl. The van der Waals surface area contributed by atoms with Crippen molar-refractivity contribution < 1.29 is 4.74 Å². The van der Waals surface area contributed by atoms with Gasteiger partial charge in [0.15, 0.2) is 0 Å². The van der Waals surface area contributed by atoms with Crippen LogP contribution in [0.3, 0.4) is 0 Å². The minimum Gasteiger partial charge on any atom is -0.495 e. The summed E-state index contributed by atoms with van der Waals surface area (Å²) in [6.45, 7) is 1.17. The second-order valence-corrected chi connectivity index (χ2v) is 5.92. The molecule has 1 aromatic heterocycles. The maximum Gasteiger partial charge on any atom is 0.137 e. The van der Waals surface area contributed by atoms with Gasteiger partial charge in [-0.3, -0.25) is 4.98 Å². The van der Waals surface area contributed by atoms with Crippen LogP contribution in [0, 0.1) is 5.92 Å². The molecule has 1 fully saturated rings. The fraction of sp³-hybridized carbons (Fsp3) is 0.688. The summed E-state index contributed by atoms with van der Waals surface area (Å²) < 4.78 is 5.32. The van der Waals surface area contributed by atoms with E-state index < -0.39 is 0 Å². The van der Waals surface area contributed by atoms with Gasteiger partial charge in [0.25, 0.3) is 0 Å². The van der Waals surface area contributed by atoms with Crippen LogP contribution in [-0.2, 0) is 0 Å². The van der Waals surface area contributed by atoms with Gasteiger partial charge in [0, 0.05) is 12.7 Å². The molecule has 0 spiro atoms. The highest BCUT2D eigenvalue weighted by molar-refractivity contribution is 5.85. The molecule has 0 radical (unpaired) electrons. The third-order valence-corrected chi connectivity index (χ3v) is 4.16. The first-order valence-corrected chi connectivity index (χ1v) is 7.34. The van der Waals surface area contributed by atoms with Gasteiger partial charge in [-0.2, -0.15) is 0 Å². The van der Waals surface area contributed by atoms with Gasteiger partial charge in [-0.25, -0.2) is 0 Å².